The molecule has 1 aromatic rings. The monoisotopic (exact) mass is 493 g/mol. The van der Waals surface area contributed by atoms with E-state index in [9.17, 15) is 14.4 Å². The molecule has 0 aromatic heterocycles. The van der Waals surface area contributed by atoms with Gasteiger partial charge in [-0.2, -0.15) is 11.8 Å². The van der Waals surface area contributed by atoms with E-state index in [1.54, 1.807) is 37.4 Å². The molecule has 0 radical (unpaired) electrons. The fraction of sp³-hybridized carbons (Fsp3) is 0.654. The summed E-state index contributed by atoms with van der Waals surface area (Å²) < 4.78 is 5.41. The summed E-state index contributed by atoms with van der Waals surface area (Å²) in [5, 5.41) is 5.75. The maximum Gasteiger partial charge on any atom is 0.408 e. The zero-order valence-corrected chi connectivity index (χ0v) is 22.9. The molecule has 0 aliphatic carbocycles. The van der Waals surface area contributed by atoms with Crippen LogP contribution in [0.1, 0.15) is 78.0 Å². The molecule has 0 aliphatic heterocycles. The number of rotatable bonds is 12. The summed E-state index contributed by atoms with van der Waals surface area (Å²) in [4.78, 5) is 41.4. The Kier molecular flexibility index (Phi) is 12.5. The number of nitrogens with one attached hydrogen (secondary N) is 2. The lowest BCUT2D eigenvalue weighted by molar-refractivity contribution is -0.144. The van der Waals surface area contributed by atoms with Gasteiger partial charge < -0.3 is 20.3 Å². The van der Waals surface area contributed by atoms with Gasteiger partial charge in [-0.1, -0.05) is 43.2 Å². The van der Waals surface area contributed by atoms with Crippen molar-refractivity contribution in [3.05, 3.63) is 35.4 Å². The molecule has 8 heteroatoms. The Balaban J connectivity index is 3.36. The number of carbonyl (C=O) groups is 3. The number of benzene rings is 1. The van der Waals surface area contributed by atoms with Gasteiger partial charge in [-0.3, -0.25) is 9.59 Å². The first-order chi connectivity index (χ1) is 15.9. The third-order valence-electron chi connectivity index (χ3n) is 5.12. The molecule has 0 bridgehead atoms. The molecule has 192 valence electrons. The lowest BCUT2D eigenvalue weighted by Crippen LogP contribution is -2.55. The molecular formula is C26H43N3O4S. The van der Waals surface area contributed by atoms with E-state index in [4.69, 9.17) is 4.74 Å². The van der Waals surface area contributed by atoms with Gasteiger partial charge in [-0.15, -0.1) is 0 Å². The molecule has 0 aliphatic rings. The van der Waals surface area contributed by atoms with E-state index >= 15 is 0 Å². The van der Waals surface area contributed by atoms with Crippen molar-refractivity contribution >= 4 is 29.7 Å². The molecular weight excluding hydrogens is 450 g/mol. The maximum absolute atomic E-state index is 13.9. The summed E-state index contributed by atoms with van der Waals surface area (Å²) in [6.45, 7) is 13.7. The molecule has 1 rings (SSSR count). The van der Waals surface area contributed by atoms with Crippen LogP contribution in [0.4, 0.5) is 4.79 Å². The van der Waals surface area contributed by atoms with Crippen LogP contribution in [0.2, 0.25) is 0 Å². The number of hydrogen-bond acceptors (Lipinski definition) is 5. The van der Waals surface area contributed by atoms with Crippen LogP contribution < -0.4 is 10.6 Å². The quantitative estimate of drug-likeness (QED) is 0.407. The maximum atomic E-state index is 13.9. The number of alkyl carbamates (subject to hydrolysis) is 1. The van der Waals surface area contributed by atoms with Crippen molar-refractivity contribution in [1.82, 2.24) is 15.5 Å². The van der Waals surface area contributed by atoms with Gasteiger partial charge in [-0.05, 0) is 72.0 Å². The van der Waals surface area contributed by atoms with E-state index in [1.165, 1.54) is 0 Å². The van der Waals surface area contributed by atoms with Crippen molar-refractivity contribution in [3.8, 4) is 0 Å². The lowest BCUT2D eigenvalue weighted by Gasteiger charge is -2.37. The molecule has 2 unspecified atom stereocenters. The Morgan fingerprint density at radius 1 is 1.18 bits per heavy atom. The van der Waals surface area contributed by atoms with E-state index in [1.807, 2.05) is 51.3 Å². The second-order valence-electron chi connectivity index (χ2n) is 9.78. The minimum absolute atomic E-state index is 0.220. The highest BCUT2D eigenvalue weighted by Gasteiger charge is 2.37. The summed E-state index contributed by atoms with van der Waals surface area (Å²) in [5.74, 6) is 0.157. The third kappa shape index (κ3) is 9.95. The van der Waals surface area contributed by atoms with E-state index < -0.39 is 23.8 Å². The Labute approximate surface area is 209 Å². The average Bonchev–Trinajstić information content (AvgIpc) is 2.72. The smallest absolute Gasteiger partial charge is 0.408 e. The molecule has 0 heterocycles. The first-order valence-corrected chi connectivity index (χ1v) is 13.5. The second-order valence-corrected chi connectivity index (χ2v) is 10.8. The van der Waals surface area contributed by atoms with Crippen LogP contribution in [0.15, 0.2) is 24.3 Å². The van der Waals surface area contributed by atoms with Gasteiger partial charge in [0.25, 0.3) is 0 Å². The number of aryl methyl sites for hydroxylation is 1. The number of ether oxygens (including phenoxy) is 1. The lowest BCUT2D eigenvalue weighted by atomic mass is 9.99. The van der Waals surface area contributed by atoms with Crippen LogP contribution in [0.25, 0.3) is 0 Å². The Bertz CT molecular complexity index is 807. The van der Waals surface area contributed by atoms with Crippen LogP contribution in [0.5, 0.6) is 0 Å². The van der Waals surface area contributed by atoms with Crippen LogP contribution in [-0.2, 0) is 14.3 Å². The fourth-order valence-corrected chi connectivity index (χ4v) is 4.04. The zero-order chi connectivity index (χ0) is 25.9. The number of unbranched alkanes of at least 4 members (excludes halogenated alkanes) is 1. The van der Waals surface area contributed by atoms with Gasteiger partial charge in [0.1, 0.15) is 17.7 Å². The van der Waals surface area contributed by atoms with Gasteiger partial charge >= 0.3 is 6.09 Å². The molecule has 0 spiro atoms. The molecule has 7 nitrogen and oxygen atoms in total. The number of thioether (sulfide) groups is 1. The highest BCUT2D eigenvalue weighted by atomic mass is 32.2. The molecule has 0 saturated heterocycles. The Morgan fingerprint density at radius 2 is 1.85 bits per heavy atom. The summed E-state index contributed by atoms with van der Waals surface area (Å²) in [6.07, 6.45) is 3.55. The summed E-state index contributed by atoms with van der Waals surface area (Å²) in [6, 6.07) is 5.78. The van der Waals surface area contributed by atoms with Crippen LogP contribution in [0.3, 0.4) is 0 Å². The minimum Gasteiger partial charge on any atom is -0.444 e. The van der Waals surface area contributed by atoms with Crippen LogP contribution >= 0.6 is 11.8 Å². The molecule has 0 fully saturated rings. The predicted octanol–water partition coefficient (Wildman–Crippen LogP) is 4.84. The topological polar surface area (TPSA) is 87.7 Å². The zero-order valence-electron chi connectivity index (χ0n) is 22.1. The molecule has 3 amide bonds. The minimum atomic E-state index is -0.805. The first-order valence-electron chi connectivity index (χ1n) is 12.1. The molecule has 34 heavy (non-hydrogen) atoms. The van der Waals surface area contributed by atoms with E-state index in [0.717, 1.165) is 24.0 Å². The van der Waals surface area contributed by atoms with E-state index in [2.05, 4.69) is 17.6 Å². The highest BCUT2D eigenvalue weighted by molar-refractivity contribution is 7.98. The fourth-order valence-electron chi connectivity index (χ4n) is 3.57. The molecule has 1 aromatic carbocycles. The SMILES string of the molecule is CCCCNC(=O)C(c1cccc(C)c1)N(C(=O)C(CCSC)NC(=O)OC(C)(C)C)C(C)C. The first kappa shape index (κ1) is 29.8. The molecule has 0 saturated carbocycles. The largest absolute Gasteiger partial charge is 0.444 e. The van der Waals surface area contributed by atoms with E-state index in [0.29, 0.717) is 18.7 Å². The van der Waals surface area contributed by atoms with Crippen LogP contribution in [0, 0.1) is 6.92 Å². The van der Waals surface area contributed by atoms with Crippen molar-refractivity contribution in [2.45, 2.75) is 91.5 Å². The van der Waals surface area contributed by atoms with Crippen molar-refractivity contribution < 1.29 is 19.1 Å². The van der Waals surface area contributed by atoms with Crippen molar-refractivity contribution in [2.75, 3.05) is 18.6 Å². The third-order valence-corrected chi connectivity index (χ3v) is 5.77. The predicted molar refractivity (Wildman–Crippen MR) is 140 cm³/mol. The summed E-state index contributed by atoms with van der Waals surface area (Å²) in [5.41, 5.74) is 1.07. The number of nitrogens with zero attached hydrogens (tertiary/aromatic N) is 1. The van der Waals surface area contributed by atoms with Crippen molar-refractivity contribution in [3.63, 3.8) is 0 Å². The van der Waals surface area contributed by atoms with Crippen molar-refractivity contribution in [1.29, 1.82) is 0 Å². The van der Waals surface area contributed by atoms with Gasteiger partial charge in [0.2, 0.25) is 11.8 Å². The van der Waals surface area contributed by atoms with Gasteiger partial charge in [-0.25, -0.2) is 4.79 Å². The number of carbonyl (C=O) groups excluding carboxylic acids is 3. The number of hydrogen-bond donors (Lipinski definition) is 2. The molecule has 2 atom stereocenters. The highest BCUT2D eigenvalue weighted by Crippen LogP contribution is 2.26. The van der Waals surface area contributed by atoms with E-state index in [-0.39, 0.29) is 17.9 Å². The van der Waals surface area contributed by atoms with Gasteiger partial charge in [0.05, 0.1) is 0 Å². The molecule has 2 N–H and O–H groups in total. The second kappa shape index (κ2) is 14.2. The Hall–Kier alpha value is -2.22. The standard InChI is InChI=1S/C26H43N3O4S/c1-9-10-15-27-23(30)22(20-13-11-12-19(4)17-20)29(18(2)3)24(31)21(14-16-34-8)28-25(32)33-26(5,6)7/h11-13,17-18,21-22H,9-10,14-16H2,1-8H3,(H,27,30)(H,28,32). The van der Waals surface area contributed by atoms with Crippen molar-refractivity contribution in [2.24, 2.45) is 0 Å². The van der Waals surface area contributed by atoms with Gasteiger partial charge in [0.15, 0.2) is 0 Å². The van der Waals surface area contributed by atoms with Crippen LogP contribution in [-0.4, -0.2) is 59.0 Å². The number of amides is 3. The Morgan fingerprint density at radius 3 is 2.38 bits per heavy atom. The average molecular weight is 494 g/mol. The summed E-state index contributed by atoms with van der Waals surface area (Å²) >= 11 is 1.59. The normalized spacial score (nSPS) is 13.2. The van der Waals surface area contributed by atoms with Gasteiger partial charge in [0, 0.05) is 12.6 Å². The summed E-state index contributed by atoms with van der Waals surface area (Å²) in [7, 11) is 0.